The number of likely N-dealkylation sites (tertiary alicyclic amines) is 1. The first-order valence-corrected chi connectivity index (χ1v) is 8.81. The number of carbonyl (C=O) groups is 1. The topological polar surface area (TPSA) is 58.1 Å². The Balaban J connectivity index is 1.96. The van der Waals surface area contributed by atoms with Crippen LogP contribution in [0.1, 0.15) is 35.0 Å². The van der Waals surface area contributed by atoms with Gasteiger partial charge in [0.2, 0.25) is 0 Å². The van der Waals surface area contributed by atoms with Crippen LogP contribution >= 0.6 is 11.3 Å². The molecule has 3 heterocycles. The summed E-state index contributed by atoms with van der Waals surface area (Å²) in [7, 11) is 0. The third-order valence-corrected chi connectivity index (χ3v) is 5.47. The molecule has 0 aliphatic carbocycles. The predicted molar refractivity (Wildman–Crippen MR) is 95.1 cm³/mol. The molecule has 0 bridgehead atoms. The number of nitrogens with one attached hydrogen (secondary N) is 1. The van der Waals surface area contributed by atoms with E-state index in [4.69, 9.17) is 0 Å². The quantitative estimate of drug-likeness (QED) is 0.872. The average molecular weight is 330 g/mol. The van der Waals surface area contributed by atoms with Gasteiger partial charge in [-0.1, -0.05) is 13.0 Å². The number of rotatable bonds is 4. The first-order chi connectivity index (χ1) is 11.1. The third kappa shape index (κ3) is 3.08. The van der Waals surface area contributed by atoms with Gasteiger partial charge in [-0.2, -0.15) is 0 Å². The fraction of sp³-hybridized carbons (Fsp3) is 0.471. The van der Waals surface area contributed by atoms with Crippen LogP contribution in [-0.2, 0) is 0 Å². The Labute approximate surface area is 140 Å². The van der Waals surface area contributed by atoms with Crippen LogP contribution in [0.3, 0.4) is 0 Å². The number of thiophene rings is 1. The summed E-state index contributed by atoms with van der Waals surface area (Å²) in [4.78, 5) is 25.2. The maximum Gasteiger partial charge on any atom is 0.264 e. The van der Waals surface area contributed by atoms with E-state index in [2.05, 4.69) is 28.8 Å². The molecule has 23 heavy (non-hydrogen) atoms. The second-order valence-corrected chi connectivity index (χ2v) is 7.13. The standard InChI is InChI=1S/C17H22N4OS/c1-4-7-18-15-13-12(3)14(23-16(13)20-10-19-15)17(22)21-8-5-6-11(2)9-21/h4,10-11H,1,5-9H2,2-3H3,(H,18,19,20). The fourth-order valence-corrected chi connectivity index (χ4v) is 4.21. The number of aromatic nitrogens is 2. The molecule has 0 radical (unpaired) electrons. The van der Waals surface area contributed by atoms with Gasteiger partial charge in [-0.05, 0) is 31.2 Å². The van der Waals surface area contributed by atoms with Gasteiger partial charge in [0.25, 0.3) is 5.91 Å². The molecule has 2 aromatic heterocycles. The summed E-state index contributed by atoms with van der Waals surface area (Å²) in [5.41, 5.74) is 0.973. The molecule has 1 N–H and O–H groups in total. The van der Waals surface area contributed by atoms with Gasteiger partial charge < -0.3 is 10.2 Å². The van der Waals surface area contributed by atoms with Crippen molar-refractivity contribution in [3.63, 3.8) is 0 Å². The van der Waals surface area contributed by atoms with Gasteiger partial charge in [0.05, 0.1) is 10.3 Å². The Morgan fingerprint density at radius 2 is 2.39 bits per heavy atom. The van der Waals surface area contributed by atoms with Crippen LogP contribution in [0.4, 0.5) is 5.82 Å². The van der Waals surface area contributed by atoms with E-state index >= 15 is 0 Å². The second-order valence-electron chi connectivity index (χ2n) is 6.13. The van der Waals surface area contributed by atoms with Crippen molar-refractivity contribution in [1.29, 1.82) is 0 Å². The summed E-state index contributed by atoms with van der Waals surface area (Å²) < 4.78 is 0. The van der Waals surface area contributed by atoms with E-state index in [9.17, 15) is 4.79 Å². The molecule has 1 atom stereocenters. The molecule has 1 amide bonds. The predicted octanol–water partition coefficient (Wildman–Crippen LogP) is 3.47. The molecule has 2 aromatic rings. The van der Waals surface area contributed by atoms with E-state index in [0.717, 1.165) is 46.0 Å². The molecular formula is C17H22N4OS. The van der Waals surface area contributed by atoms with E-state index in [0.29, 0.717) is 12.5 Å². The number of hydrogen-bond acceptors (Lipinski definition) is 5. The van der Waals surface area contributed by atoms with Crippen molar-refractivity contribution in [3.05, 3.63) is 29.4 Å². The lowest BCUT2D eigenvalue weighted by molar-refractivity contribution is 0.0687. The van der Waals surface area contributed by atoms with Crippen molar-refractivity contribution in [1.82, 2.24) is 14.9 Å². The lowest BCUT2D eigenvalue weighted by Crippen LogP contribution is -2.38. The van der Waals surface area contributed by atoms with Gasteiger partial charge in [-0.25, -0.2) is 9.97 Å². The van der Waals surface area contributed by atoms with Gasteiger partial charge in [-0.3, -0.25) is 4.79 Å². The van der Waals surface area contributed by atoms with E-state index in [1.54, 1.807) is 12.4 Å². The smallest absolute Gasteiger partial charge is 0.264 e. The lowest BCUT2D eigenvalue weighted by Gasteiger charge is -2.30. The summed E-state index contributed by atoms with van der Waals surface area (Å²) in [6, 6.07) is 0. The molecule has 0 spiro atoms. The number of anilines is 1. The Kier molecular flexibility index (Phi) is 4.61. The summed E-state index contributed by atoms with van der Waals surface area (Å²) in [6.07, 6.45) is 5.62. The molecule has 1 unspecified atom stereocenters. The van der Waals surface area contributed by atoms with Gasteiger partial charge in [0, 0.05) is 19.6 Å². The minimum Gasteiger partial charge on any atom is -0.366 e. The van der Waals surface area contributed by atoms with E-state index < -0.39 is 0 Å². The number of fused-ring (bicyclic) bond motifs is 1. The van der Waals surface area contributed by atoms with Crippen molar-refractivity contribution >= 4 is 33.3 Å². The molecule has 1 aliphatic heterocycles. The number of nitrogens with zero attached hydrogens (tertiary/aromatic N) is 3. The largest absolute Gasteiger partial charge is 0.366 e. The SMILES string of the molecule is C=CCNc1ncnc2sc(C(=O)N3CCCC(C)C3)c(C)c12. The molecule has 0 saturated carbocycles. The fourth-order valence-electron chi connectivity index (χ4n) is 3.10. The number of amides is 1. The zero-order valence-electron chi connectivity index (χ0n) is 13.6. The highest BCUT2D eigenvalue weighted by molar-refractivity contribution is 7.20. The Morgan fingerprint density at radius 3 is 3.13 bits per heavy atom. The van der Waals surface area contributed by atoms with Crippen LogP contribution in [0.15, 0.2) is 19.0 Å². The zero-order valence-corrected chi connectivity index (χ0v) is 14.4. The van der Waals surface area contributed by atoms with Crippen molar-refractivity contribution < 1.29 is 4.79 Å². The van der Waals surface area contributed by atoms with E-state index in [1.165, 1.54) is 17.8 Å². The van der Waals surface area contributed by atoms with Crippen LogP contribution < -0.4 is 5.32 Å². The van der Waals surface area contributed by atoms with E-state index in [1.807, 2.05) is 11.8 Å². The van der Waals surface area contributed by atoms with Crippen LogP contribution in [-0.4, -0.2) is 40.4 Å². The summed E-state index contributed by atoms with van der Waals surface area (Å²) >= 11 is 1.47. The minimum atomic E-state index is 0.131. The zero-order chi connectivity index (χ0) is 16.4. The summed E-state index contributed by atoms with van der Waals surface area (Å²) in [5, 5.41) is 4.18. The molecule has 6 heteroatoms. The number of piperidine rings is 1. The second kappa shape index (κ2) is 6.66. The Hall–Kier alpha value is -1.95. The van der Waals surface area contributed by atoms with Crippen LogP contribution in [0, 0.1) is 12.8 Å². The average Bonchev–Trinajstić information content (AvgIpc) is 2.90. The lowest BCUT2D eigenvalue weighted by atomic mass is 10.00. The Morgan fingerprint density at radius 1 is 1.57 bits per heavy atom. The molecule has 3 rings (SSSR count). The highest BCUT2D eigenvalue weighted by Crippen LogP contribution is 2.34. The van der Waals surface area contributed by atoms with Gasteiger partial charge in [-0.15, -0.1) is 17.9 Å². The monoisotopic (exact) mass is 330 g/mol. The van der Waals surface area contributed by atoms with Crippen molar-refractivity contribution in [2.45, 2.75) is 26.7 Å². The number of carbonyl (C=O) groups excluding carboxylic acids is 1. The highest BCUT2D eigenvalue weighted by atomic mass is 32.1. The molecule has 1 saturated heterocycles. The minimum absolute atomic E-state index is 0.131. The van der Waals surface area contributed by atoms with Crippen molar-refractivity contribution in [3.8, 4) is 0 Å². The highest BCUT2D eigenvalue weighted by Gasteiger charge is 2.26. The van der Waals surface area contributed by atoms with Crippen LogP contribution in [0.25, 0.3) is 10.2 Å². The van der Waals surface area contributed by atoms with Crippen LogP contribution in [0.2, 0.25) is 0 Å². The number of hydrogen-bond donors (Lipinski definition) is 1. The molecule has 5 nitrogen and oxygen atoms in total. The first-order valence-electron chi connectivity index (χ1n) is 8.00. The Bertz CT molecular complexity index is 740. The van der Waals surface area contributed by atoms with Gasteiger partial charge >= 0.3 is 0 Å². The van der Waals surface area contributed by atoms with Crippen molar-refractivity contribution in [2.75, 3.05) is 25.0 Å². The number of aryl methyl sites for hydroxylation is 1. The summed E-state index contributed by atoms with van der Waals surface area (Å²) in [5.74, 6) is 1.48. The molecule has 1 aliphatic rings. The molecular weight excluding hydrogens is 308 g/mol. The van der Waals surface area contributed by atoms with Crippen molar-refractivity contribution in [2.24, 2.45) is 5.92 Å². The maximum absolute atomic E-state index is 12.9. The molecule has 0 aromatic carbocycles. The third-order valence-electron chi connectivity index (χ3n) is 4.28. The van der Waals surface area contributed by atoms with Gasteiger partial charge in [0.15, 0.2) is 0 Å². The van der Waals surface area contributed by atoms with Gasteiger partial charge in [0.1, 0.15) is 17.0 Å². The summed E-state index contributed by atoms with van der Waals surface area (Å²) in [6.45, 7) is 10.2. The first kappa shape index (κ1) is 15.9. The van der Waals surface area contributed by atoms with Crippen LogP contribution in [0.5, 0.6) is 0 Å². The molecule has 1 fully saturated rings. The normalized spacial score (nSPS) is 18.2. The van der Waals surface area contributed by atoms with E-state index in [-0.39, 0.29) is 5.91 Å². The maximum atomic E-state index is 12.9. The molecule has 122 valence electrons.